The van der Waals surface area contributed by atoms with Crippen molar-refractivity contribution in [1.82, 2.24) is 9.97 Å². The number of nitrogens with zero attached hydrogens (tertiary/aromatic N) is 2. The third-order valence-corrected chi connectivity index (χ3v) is 5.45. The Balaban J connectivity index is 1.94. The van der Waals surface area contributed by atoms with Gasteiger partial charge in [-0.2, -0.15) is 0 Å². The minimum Gasteiger partial charge on any atom is -0.476 e. The Bertz CT molecular complexity index is 553. The van der Waals surface area contributed by atoms with Gasteiger partial charge in [0.25, 0.3) is 0 Å². The van der Waals surface area contributed by atoms with E-state index in [4.69, 9.17) is 0 Å². The van der Waals surface area contributed by atoms with Crippen molar-refractivity contribution in [3.05, 3.63) is 18.1 Å². The normalized spacial score (nSPS) is 34.1. The van der Waals surface area contributed by atoms with Gasteiger partial charge >= 0.3 is 5.97 Å². The van der Waals surface area contributed by atoms with Gasteiger partial charge in [-0.05, 0) is 36.0 Å². The van der Waals surface area contributed by atoms with Gasteiger partial charge in [0.1, 0.15) is 0 Å². The summed E-state index contributed by atoms with van der Waals surface area (Å²) in [4.78, 5) is 19.4. The Morgan fingerprint density at radius 2 is 2.05 bits per heavy atom. The van der Waals surface area contributed by atoms with Gasteiger partial charge < -0.3 is 10.4 Å². The van der Waals surface area contributed by atoms with Gasteiger partial charge in [-0.15, -0.1) is 0 Å². The van der Waals surface area contributed by atoms with Crippen LogP contribution in [0.3, 0.4) is 0 Å². The molecule has 2 fully saturated rings. The summed E-state index contributed by atoms with van der Waals surface area (Å²) in [5.74, 6) is 0.0634. The van der Waals surface area contributed by atoms with Gasteiger partial charge in [0.05, 0.1) is 0 Å². The Labute approximate surface area is 118 Å². The van der Waals surface area contributed by atoms with Crippen LogP contribution in [0.15, 0.2) is 12.4 Å². The van der Waals surface area contributed by atoms with Gasteiger partial charge in [-0.25, -0.2) is 14.8 Å². The summed E-state index contributed by atoms with van der Waals surface area (Å²) in [7, 11) is 0. The van der Waals surface area contributed by atoms with E-state index in [1.807, 2.05) is 0 Å². The van der Waals surface area contributed by atoms with Crippen LogP contribution in [0.25, 0.3) is 0 Å². The molecule has 2 bridgehead atoms. The van der Waals surface area contributed by atoms with Crippen LogP contribution >= 0.6 is 0 Å². The molecule has 2 N–H and O–H groups in total. The maximum Gasteiger partial charge on any atom is 0.358 e. The summed E-state index contributed by atoms with van der Waals surface area (Å²) in [5, 5.41) is 12.6. The number of nitrogens with one attached hydrogen (secondary N) is 1. The summed E-state index contributed by atoms with van der Waals surface area (Å²) in [6, 6.07) is 0.239. The molecular weight excluding hydrogens is 254 g/mol. The van der Waals surface area contributed by atoms with Crippen molar-refractivity contribution in [1.29, 1.82) is 0 Å². The van der Waals surface area contributed by atoms with Crippen molar-refractivity contribution in [2.45, 2.75) is 46.1 Å². The summed E-state index contributed by atoms with van der Waals surface area (Å²) >= 11 is 0. The number of rotatable bonds is 3. The SMILES string of the molecule is CC12CCC(C1)C(C)(C)C2Nc1nccnc1C(=O)O. The standard InChI is InChI=1S/C15H21N3O2/c1-14(2)9-4-5-15(3,8-9)13(14)18-11-10(12(19)20)16-6-7-17-11/h6-7,9,13H,4-5,8H2,1-3H3,(H,17,18)(H,19,20). The molecule has 0 saturated heterocycles. The zero-order valence-corrected chi connectivity index (χ0v) is 12.2. The quantitative estimate of drug-likeness (QED) is 0.887. The predicted molar refractivity (Wildman–Crippen MR) is 75.6 cm³/mol. The first-order valence-electron chi connectivity index (χ1n) is 7.15. The third-order valence-electron chi connectivity index (χ3n) is 5.45. The van der Waals surface area contributed by atoms with Crippen LogP contribution in [-0.4, -0.2) is 27.1 Å². The molecule has 3 atom stereocenters. The third kappa shape index (κ3) is 1.79. The van der Waals surface area contributed by atoms with Crippen LogP contribution in [-0.2, 0) is 0 Å². The summed E-state index contributed by atoms with van der Waals surface area (Å²) in [6.45, 7) is 6.85. The van der Waals surface area contributed by atoms with E-state index >= 15 is 0 Å². The molecule has 3 rings (SSSR count). The molecule has 0 radical (unpaired) electrons. The second kappa shape index (κ2) is 4.17. The average molecular weight is 275 g/mol. The highest BCUT2D eigenvalue weighted by Crippen LogP contribution is 2.63. The van der Waals surface area contributed by atoms with E-state index < -0.39 is 5.97 Å². The number of hydrogen-bond donors (Lipinski definition) is 2. The smallest absolute Gasteiger partial charge is 0.358 e. The van der Waals surface area contributed by atoms with E-state index in [9.17, 15) is 9.90 Å². The van der Waals surface area contributed by atoms with Crippen LogP contribution in [0, 0.1) is 16.7 Å². The van der Waals surface area contributed by atoms with E-state index in [1.165, 1.54) is 31.7 Å². The lowest BCUT2D eigenvalue weighted by molar-refractivity contribution is 0.0690. The minimum absolute atomic E-state index is 0.00896. The fraction of sp³-hybridized carbons (Fsp3) is 0.667. The highest BCUT2D eigenvalue weighted by molar-refractivity contribution is 5.90. The monoisotopic (exact) mass is 275 g/mol. The second-order valence-electron chi connectivity index (χ2n) is 7.05. The molecule has 20 heavy (non-hydrogen) atoms. The van der Waals surface area contributed by atoms with Gasteiger partial charge in [0.2, 0.25) is 0 Å². The predicted octanol–water partition coefficient (Wildman–Crippen LogP) is 2.80. The number of carbonyl (C=O) groups is 1. The van der Waals surface area contributed by atoms with Gasteiger partial charge in [-0.3, -0.25) is 0 Å². The molecule has 2 aliphatic rings. The Kier molecular flexibility index (Phi) is 2.78. The first-order valence-corrected chi connectivity index (χ1v) is 7.15. The molecule has 2 aliphatic carbocycles. The molecule has 0 aromatic carbocycles. The molecule has 0 amide bonds. The topological polar surface area (TPSA) is 75.1 Å². The lowest BCUT2D eigenvalue weighted by Gasteiger charge is -2.43. The molecule has 5 heteroatoms. The molecular formula is C15H21N3O2. The molecule has 5 nitrogen and oxygen atoms in total. The van der Waals surface area contributed by atoms with Crippen molar-refractivity contribution in [3.8, 4) is 0 Å². The van der Waals surface area contributed by atoms with Gasteiger partial charge in [0.15, 0.2) is 11.5 Å². The van der Waals surface area contributed by atoms with Crippen molar-refractivity contribution < 1.29 is 9.90 Å². The van der Waals surface area contributed by atoms with Crippen molar-refractivity contribution in [2.75, 3.05) is 5.32 Å². The molecule has 1 heterocycles. The highest BCUT2D eigenvalue weighted by Gasteiger charge is 2.59. The zero-order valence-electron chi connectivity index (χ0n) is 12.2. The number of fused-ring (bicyclic) bond motifs is 2. The van der Waals surface area contributed by atoms with Crippen LogP contribution in [0.5, 0.6) is 0 Å². The lowest BCUT2D eigenvalue weighted by Crippen LogP contribution is -2.46. The molecule has 2 saturated carbocycles. The van der Waals surface area contributed by atoms with Crippen LogP contribution in [0.2, 0.25) is 0 Å². The highest BCUT2D eigenvalue weighted by atomic mass is 16.4. The number of aromatic nitrogens is 2. The number of hydrogen-bond acceptors (Lipinski definition) is 4. The lowest BCUT2D eigenvalue weighted by atomic mass is 9.68. The fourth-order valence-electron chi connectivity index (χ4n) is 4.40. The Morgan fingerprint density at radius 3 is 2.65 bits per heavy atom. The summed E-state index contributed by atoms with van der Waals surface area (Å²) in [5.41, 5.74) is 0.386. The second-order valence-corrected chi connectivity index (χ2v) is 7.05. The Hall–Kier alpha value is -1.65. The molecule has 3 unspecified atom stereocenters. The van der Waals surface area contributed by atoms with Crippen LogP contribution < -0.4 is 5.32 Å². The minimum atomic E-state index is -1.04. The Morgan fingerprint density at radius 1 is 1.35 bits per heavy atom. The maximum atomic E-state index is 11.3. The average Bonchev–Trinajstić information content (AvgIpc) is 2.86. The zero-order chi connectivity index (χ0) is 14.5. The van der Waals surface area contributed by atoms with Crippen molar-refractivity contribution in [2.24, 2.45) is 16.7 Å². The first kappa shape index (κ1) is 13.3. The van der Waals surface area contributed by atoms with E-state index in [0.29, 0.717) is 11.7 Å². The van der Waals surface area contributed by atoms with Crippen molar-refractivity contribution >= 4 is 11.8 Å². The van der Waals surface area contributed by atoms with E-state index in [-0.39, 0.29) is 22.6 Å². The number of anilines is 1. The van der Waals surface area contributed by atoms with Crippen molar-refractivity contribution in [3.63, 3.8) is 0 Å². The maximum absolute atomic E-state index is 11.3. The summed E-state index contributed by atoms with van der Waals surface area (Å²) in [6.07, 6.45) is 6.63. The number of carboxylic acid groups (broad SMARTS) is 1. The van der Waals surface area contributed by atoms with E-state index in [2.05, 4.69) is 36.1 Å². The molecule has 0 spiro atoms. The fourth-order valence-corrected chi connectivity index (χ4v) is 4.40. The van der Waals surface area contributed by atoms with Gasteiger partial charge in [0, 0.05) is 18.4 Å². The van der Waals surface area contributed by atoms with Crippen LogP contribution in [0.4, 0.5) is 5.82 Å². The number of carboxylic acids is 1. The molecule has 108 valence electrons. The first-order chi connectivity index (χ1) is 9.34. The molecule has 0 aliphatic heterocycles. The van der Waals surface area contributed by atoms with Crippen LogP contribution in [0.1, 0.15) is 50.5 Å². The number of aromatic carboxylic acids is 1. The van der Waals surface area contributed by atoms with Gasteiger partial charge in [-0.1, -0.05) is 20.8 Å². The summed E-state index contributed by atoms with van der Waals surface area (Å²) < 4.78 is 0. The van der Waals surface area contributed by atoms with E-state index in [0.717, 1.165) is 0 Å². The van der Waals surface area contributed by atoms with E-state index in [1.54, 1.807) is 0 Å². The largest absolute Gasteiger partial charge is 0.476 e. The molecule has 1 aromatic rings. The molecule has 1 aromatic heterocycles.